The van der Waals surface area contributed by atoms with Crippen LogP contribution in [-0.4, -0.2) is 30.3 Å². The van der Waals surface area contributed by atoms with Gasteiger partial charge in [0, 0.05) is 24.5 Å². The minimum atomic E-state index is -0.372. The van der Waals surface area contributed by atoms with E-state index in [1.165, 1.54) is 12.5 Å². The van der Waals surface area contributed by atoms with Gasteiger partial charge in [0.15, 0.2) is 0 Å². The molecule has 0 radical (unpaired) electrons. The van der Waals surface area contributed by atoms with E-state index in [1.54, 1.807) is 12.4 Å². The molecule has 5 nitrogen and oxygen atoms in total. The number of methoxy groups -OCH3 is 1. The van der Waals surface area contributed by atoms with Gasteiger partial charge in [-0.1, -0.05) is 36.4 Å². The maximum absolute atomic E-state index is 12.4. The molecule has 3 aromatic carbocycles. The van der Waals surface area contributed by atoms with Gasteiger partial charge in [0.1, 0.15) is 0 Å². The number of hydrogen-bond donors (Lipinski definition) is 1. The molecule has 0 amide bonds. The molecule has 0 unspecified atom stereocenters. The molecule has 0 fully saturated rings. The van der Waals surface area contributed by atoms with Gasteiger partial charge in [-0.3, -0.25) is 5.10 Å². The van der Waals surface area contributed by atoms with Gasteiger partial charge in [-0.2, -0.15) is 5.10 Å². The first-order valence-electron chi connectivity index (χ1n) is 8.61. The van der Waals surface area contributed by atoms with E-state index in [2.05, 4.69) is 34.5 Å². The summed E-state index contributed by atoms with van der Waals surface area (Å²) < 4.78 is 5.02. The van der Waals surface area contributed by atoms with Gasteiger partial charge in [0.05, 0.1) is 24.6 Å². The zero-order valence-corrected chi connectivity index (χ0v) is 15.1. The average Bonchev–Trinajstić information content (AvgIpc) is 3.26. The van der Waals surface area contributed by atoms with E-state index < -0.39 is 0 Å². The number of benzene rings is 3. The molecular formula is C22H19N3O2. The van der Waals surface area contributed by atoms with Crippen LogP contribution in [0.1, 0.15) is 10.4 Å². The summed E-state index contributed by atoms with van der Waals surface area (Å²) in [7, 11) is 3.34. The molecule has 1 N–H and O–H groups in total. The number of fused-ring (bicyclic) bond motifs is 1. The van der Waals surface area contributed by atoms with Crippen LogP contribution in [0.4, 0.5) is 11.4 Å². The Bertz CT molecular complexity index is 1100. The second-order valence-electron chi connectivity index (χ2n) is 6.30. The third-order valence-electron chi connectivity index (χ3n) is 4.72. The number of anilines is 2. The maximum atomic E-state index is 12.4. The first-order valence-corrected chi connectivity index (χ1v) is 8.61. The van der Waals surface area contributed by atoms with E-state index in [0.717, 1.165) is 27.9 Å². The number of rotatable bonds is 4. The van der Waals surface area contributed by atoms with E-state index >= 15 is 0 Å². The first-order chi connectivity index (χ1) is 13.2. The highest BCUT2D eigenvalue weighted by molar-refractivity contribution is 5.99. The summed E-state index contributed by atoms with van der Waals surface area (Å²) in [6, 6.07) is 20.2. The second-order valence-corrected chi connectivity index (χ2v) is 6.30. The smallest absolute Gasteiger partial charge is 0.340 e. The minimum Gasteiger partial charge on any atom is -0.465 e. The molecule has 0 bridgehead atoms. The number of esters is 1. The topological polar surface area (TPSA) is 58.2 Å². The van der Waals surface area contributed by atoms with Crippen LogP contribution >= 0.6 is 0 Å². The Morgan fingerprint density at radius 3 is 2.56 bits per heavy atom. The Hall–Kier alpha value is -3.60. The van der Waals surface area contributed by atoms with Crippen molar-refractivity contribution in [3.63, 3.8) is 0 Å². The fraction of sp³-hybridized carbons (Fsp3) is 0.0909. The van der Waals surface area contributed by atoms with E-state index in [4.69, 9.17) is 4.74 Å². The van der Waals surface area contributed by atoms with Crippen LogP contribution in [0, 0.1) is 0 Å². The maximum Gasteiger partial charge on any atom is 0.340 e. The normalized spacial score (nSPS) is 10.7. The van der Waals surface area contributed by atoms with Crippen LogP contribution < -0.4 is 4.90 Å². The van der Waals surface area contributed by atoms with Gasteiger partial charge < -0.3 is 9.64 Å². The fourth-order valence-electron chi connectivity index (χ4n) is 3.21. The number of ether oxygens (including phenoxy) is 1. The van der Waals surface area contributed by atoms with Crippen LogP contribution in [0.3, 0.4) is 0 Å². The van der Waals surface area contributed by atoms with Crippen molar-refractivity contribution in [3.05, 3.63) is 78.6 Å². The Labute approximate surface area is 157 Å². The lowest BCUT2D eigenvalue weighted by molar-refractivity contribution is 0.0601. The van der Waals surface area contributed by atoms with Gasteiger partial charge in [-0.05, 0) is 40.6 Å². The van der Waals surface area contributed by atoms with Crippen LogP contribution in [0.15, 0.2) is 73.1 Å². The molecule has 1 aromatic heterocycles. The van der Waals surface area contributed by atoms with Crippen LogP contribution in [0.5, 0.6) is 0 Å². The first kappa shape index (κ1) is 16.8. The van der Waals surface area contributed by atoms with Gasteiger partial charge in [0.25, 0.3) is 0 Å². The quantitative estimate of drug-likeness (QED) is 0.534. The number of hydrogen-bond acceptors (Lipinski definition) is 4. The third kappa shape index (κ3) is 3.15. The lowest BCUT2D eigenvalue weighted by Crippen LogP contribution is -2.15. The summed E-state index contributed by atoms with van der Waals surface area (Å²) in [5.74, 6) is -0.372. The lowest BCUT2D eigenvalue weighted by Gasteiger charge is -2.23. The molecule has 5 heteroatoms. The van der Waals surface area contributed by atoms with Gasteiger partial charge in [-0.15, -0.1) is 0 Å². The molecule has 1 heterocycles. The van der Waals surface area contributed by atoms with E-state index in [0.29, 0.717) is 5.56 Å². The van der Waals surface area contributed by atoms with E-state index in [1.807, 2.05) is 48.3 Å². The highest BCUT2D eigenvalue weighted by Crippen LogP contribution is 2.32. The van der Waals surface area contributed by atoms with Crippen molar-refractivity contribution in [1.29, 1.82) is 0 Å². The predicted octanol–water partition coefficient (Wildman–Crippen LogP) is 4.78. The summed E-state index contributed by atoms with van der Waals surface area (Å²) >= 11 is 0. The van der Waals surface area contributed by atoms with Gasteiger partial charge in [-0.25, -0.2) is 4.79 Å². The van der Waals surface area contributed by atoms with Crippen molar-refractivity contribution >= 4 is 28.1 Å². The molecular weight excluding hydrogens is 338 g/mol. The van der Waals surface area contributed by atoms with Crippen LogP contribution in [0.25, 0.3) is 21.9 Å². The zero-order chi connectivity index (χ0) is 18.8. The van der Waals surface area contributed by atoms with Crippen molar-refractivity contribution in [1.82, 2.24) is 10.2 Å². The Balaban J connectivity index is 1.79. The molecule has 0 aliphatic carbocycles. The molecule has 0 aliphatic rings. The summed E-state index contributed by atoms with van der Waals surface area (Å²) in [4.78, 5) is 14.4. The number of H-pyrrole nitrogens is 1. The largest absolute Gasteiger partial charge is 0.465 e. The van der Waals surface area contributed by atoms with Crippen molar-refractivity contribution in [2.75, 3.05) is 19.1 Å². The predicted molar refractivity (Wildman–Crippen MR) is 107 cm³/mol. The molecule has 134 valence electrons. The molecule has 0 aliphatic heterocycles. The zero-order valence-electron chi connectivity index (χ0n) is 15.1. The average molecular weight is 357 g/mol. The Kier molecular flexibility index (Phi) is 4.34. The minimum absolute atomic E-state index is 0.372. The summed E-state index contributed by atoms with van der Waals surface area (Å²) in [5, 5.41) is 9.10. The van der Waals surface area contributed by atoms with E-state index in [9.17, 15) is 4.79 Å². The lowest BCUT2D eigenvalue weighted by atomic mass is 10.0. The summed E-state index contributed by atoms with van der Waals surface area (Å²) in [6.45, 7) is 0. The van der Waals surface area contributed by atoms with Crippen molar-refractivity contribution in [3.8, 4) is 11.1 Å². The number of nitrogens with zero attached hydrogens (tertiary/aromatic N) is 2. The van der Waals surface area contributed by atoms with Gasteiger partial charge >= 0.3 is 5.97 Å². The van der Waals surface area contributed by atoms with E-state index in [-0.39, 0.29) is 5.97 Å². The molecule has 0 saturated heterocycles. The number of nitrogens with one attached hydrogen (secondary N) is 1. The Morgan fingerprint density at radius 2 is 1.81 bits per heavy atom. The van der Waals surface area contributed by atoms with Crippen molar-refractivity contribution < 1.29 is 9.53 Å². The standard InChI is InChI=1S/C22H19N3O2/c1-25(19-9-7-15-5-3-4-6-16(15)11-19)21-10-8-17(18-13-23-24-14-18)12-20(21)22(26)27-2/h3-14H,1-2H3,(H,23,24). The van der Waals surface area contributed by atoms with Crippen LogP contribution in [-0.2, 0) is 4.74 Å². The highest BCUT2D eigenvalue weighted by Gasteiger charge is 2.18. The second kappa shape index (κ2) is 6.96. The van der Waals surface area contributed by atoms with Gasteiger partial charge in [0.2, 0.25) is 0 Å². The number of aromatic nitrogens is 2. The van der Waals surface area contributed by atoms with Crippen LogP contribution in [0.2, 0.25) is 0 Å². The number of carbonyl (C=O) groups excluding carboxylic acids is 1. The van der Waals surface area contributed by atoms with Crippen molar-refractivity contribution in [2.24, 2.45) is 0 Å². The summed E-state index contributed by atoms with van der Waals surface area (Å²) in [5.41, 5.74) is 4.10. The molecule has 27 heavy (non-hydrogen) atoms. The molecule has 0 saturated carbocycles. The summed E-state index contributed by atoms with van der Waals surface area (Å²) in [6.07, 6.45) is 3.52. The highest BCUT2D eigenvalue weighted by atomic mass is 16.5. The number of aromatic amines is 1. The number of carbonyl (C=O) groups is 1. The fourth-order valence-corrected chi connectivity index (χ4v) is 3.21. The molecule has 0 atom stereocenters. The van der Waals surface area contributed by atoms with Crippen molar-refractivity contribution in [2.45, 2.75) is 0 Å². The SMILES string of the molecule is COC(=O)c1cc(-c2cn[nH]c2)ccc1N(C)c1ccc2ccccc2c1. The molecule has 0 spiro atoms. The molecule has 4 aromatic rings. The third-order valence-corrected chi connectivity index (χ3v) is 4.72. The monoisotopic (exact) mass is 357 g/mol. The molecule has 4 rings (SSSR count). The Morgan fingerprint density at radius 1 is 1.00 bits per heavy atom.